The lowest BCUT2D eigenvalue weighted by Gasteiger charge is -2.27. The van der Waals surface area contributed by atoms with Crippen LogP contribution in [0.5, 0.6) is 0 Å². The summed E-state index contributed by atoms with van der Waals surface area (Å²) in [5, 5.41) is 0. The molecule has 92 valence electrons. The van der Waals surface area contributed by atoms with E-state index in [9.17, 15) is 0 Å². The van der Waals surface area contributed by atoms with Crippen LogP contribution in [-0.2, 0) is 6.54 Å². The van der Waals surface area contributed by atoms with Crippen LogP contribution in [0.25, 0.3) is 0 Å². The van der Waals surface area contributed by atoms with Gasteiger partial charge < -0.3 is 4.90 Å². The highest BCUT2D eigenvalue weighted by molar-refractivity contribution is 5.66. The molecule has 0 atom stereocenters. The first-order valence-corrected chi connectivity index (χ1v) is 6.38. The third-order valence-corrected chi connectivity index (χ3v) is 3.33. The van der Waals surface area contributed by atoms with Gasteiger partial charge in [0.1, 0.15) is 0 Å². The van der Waals surface area contributed by atoms with Crippen molar-refractivity contribution in [2.75, 3.05) is 4.90 Å². The molecular weight excluding hydrogens is 230 g/mol. The molecule has 0 aliphatic carbocycles. The monoisotopic (exact) mass is 245 g/mol. The Morgan fingerprint density at radius 2 is 1.63 bits per heavy atom. The van der Waals surface area contributed by atoms with Crippen LogP contribution in [0.4, 0.5) is 5.69 Å². The minimum absolute atomic E-state index is 0.817. The molecule has 0 aromatic heterocycles. The van der Waals surface area contributed by atoms with E-state index in [-0.39, 0.29) is 0 Å². The van der Waals surface area contributed by atoms with Gasteiger partial charge in [0.15, 0.2) is 0 Å². The van der Waals surface area contributed by atoms with Crippen molar-refractivity contribution in [3.05, 3.63) is 77.5 Å². The zero-order chi connectivity index (χ0) is 13.2. The van der Waals surface area contributed by atoms with E-state index in [0.29, 0.717) is 0 Å². The van der Waals surface area contributed by atoms with E-state index in [1.807, 2.05) is 25.1 Å². The molecule has 2 aromatic rings. The molecule has 0 saturated heterocycles. The molecule has 1 aliphatic rings. The maximum Gasteiger partial charge on any atom is 0.0570 e. The predicted octanol–water partition coefficient (Wildman–Crippen LogP) is 3.94. The van der Waals surface area contributed by atoms with Gasteiger partial charge in [0.25, 0.3) is 0 Å². The predicted molar refractivity (Wildman–Crippen MR) is 79.9 cm³/mol. The Morgan fingerprint density at radius 3 is 2.42 bits per heavy atom. The second kappa shape index (κ2) is 4.66. The molecule has 0 spiro atoms. The van der Waals surface area contributed by atoms with Crippen molar-refractivity contribution >= 4 is 5.69 Å². The van der Waals surface area contributed by atoms with Crippen molar-refractivity contribution in [1.82, 2.24) is 0 Å². The first kappa shape index (κ1) is 11.6. The average molecular weight is 245 g/mol. The fraction of sp³-hybridized carbons (Fsp3) is 0.111. The summed E-state index contributed by atoms with van der Waals surface area (Å²) in [5.41, 5.74) is 5.57. The van der Waals surface area contributed by atoms with Crippen LogP contribution in [0.2, 0.25) is 0 Å². The summed E-state index contributed by atoms with van der Waals surface area (Å²) in [6, 6.07) is 16.5. The summed E-state index contributed by atoms with van der Waals surface area (Å²) < 4.78 is 0. The van der Waals surface area contributed by atoms with E-state index >= 15 is 0 Å². The summed E-state index contributed by atoms with van der Waals surface area (Å²) in [4.78, 5) is 2.22. The largest absolute Gasteiger partial charge is 0.341 e. The van der Waals surface area contributed by atoms with Gasteiger partial charge in [-0.25, -0.2) is 0 Å². The van der Waals surface area contributed by atoms with Crippen molar-refractivity contribution in [2.45, 2.75) is 13.5 Å². The van der Waals surface area contributed by atoms with Crippen LogP contribution in [0, 0.1) is 11.8 Å². The summed E-state index contributed by atoms with van der Waals surface area (Å²) in [6.45, 7) is 6.95. The minimum atomic E-state index is 0.817. The lowest BCUT2D eigenvalue weighted by atomic mass is 10.0. The highest BCUT2D eigenvalue weighted by Crippen LogP contribution is 2.27. The van der Waals surface area contributed by atoms with Gasteiger partial charge in [-0.3, -0.25) is 0 Å². The van der Waals surface area contributed by atoms with Gasteiger partial charge in [-0.1, -0.05) is 48.8 Å². The summed E-state index contributed by atoms with van der Waals surface area (Å²) in [7, 11) is 0. The average Bonchev–Trinajstić information content (AvgIpc) is 2.41. The second-order valence-corrected chi connectivity index (χ2v) is 4.75. The smallest absolute Gasteiger partial charge is 0.0570 e. The zero-order valence-corrected chi connectivity index (χ0v) is 11.0. The van der Waals surface area contributed by atoms with Gasteiger partial charge in [0.05, 0.1) is 5.69 Å². The van der Waals surface area contributed by atoms with Crippen molar-refractivity contribution in [3.63, 3.8) is 0 Å². The van der Waals surface area contributed by atoms with Crippen LogP contribution < -0.4 is 4.90 Å². The first-order valence-electron chi connectivity index (χ1n) is 6.38. The van der Waals surface area contributed by atoms with Crippen LogP contribution in [0.15, 0.2) is 60.8 Å². The third-order valence-electron chi connectivity index (χ3n) is 3.33. The number of anilines is 1. The number of fused-ring (bicyclic) bond motifs is 2. The van der Waals surface area contributed by atoms with E-state index in [1.54, 1.807) is 0 Å². The molecule has 3 rings (SSSR count). The molecule has 0 bridgehead atoms. The van der Waals surface area contributed by atoms with Gasteiger partial charge in [-0.15, -0.1) is 0 Å². The molecule has 19 heavy (non-hydrogen) atoms. The quantitative estimate of drug-likeness (QED) is 0.688. The minimum Gasteiger partial charge on any atom is -0.341 e. The van der Waals surface area contributed by atoms with Gasteiger partial charge in [-0.05, 0) is 30.7 Å². The number of nitrogens with zero attached hydrogens (tertiary/aromatic N) is 1. The SMILES string of the molecule is C=C(C)N1Cc2ccccc2C#Cc2ccccc21. The summed E-state index contributed by atoms with van der Waals surface area (Å²) in [6.07, 6.45) is 0. The third kappa shape index (κ3) is 2.13. The van der Waals surface area contributed by atoms with Crippen molar-refractivity contribution in [1.29, 1.82) is 0 Å². The molecule has 1 heteroatoms. The number of rotatable bonds is 1. The molecule has 0 saturated carbocycles. The van der Waals surface area contributed by atoms with Crippen molar-refractivity contribution in [3.8, 4) is 11.8 Å². The van der Waals surface area contributed by atoms with Crippen LogP contribution in [0.1, 0.15) is 23.6 Å². The Kier molecular flexibility index (Phi) is 2.85. The molecule has 2 aromatic carbocycles. The maximum atomic E-state index is 4.10. The Labute approximate surface area is 114 Å². The molecular formula is C18H15N. The molecule has 1 aliphatic heterocycles. The number of hydrogen-bond acceptors (Lipinski definition) is 1. The van der Waals surface area contributed by atoms with E-state index in [4.69, 9.17) is 0 Å². The highest BCUT2D eigenvalue weighted by atomic mass is 15.1. The standard InChI is InChI=1S/C18H15N/c1-14(2)19-13-17-9-4-3-7-15(17)11-12-16-8-5-6-10-18(16)19/h3-10H,1,13H2,2H3. The zero-order valence-electron chi connectivity index (χ0n) is 11.0. The Morgan fingerprint density at radius 1 is 1.00 bits per heavy atom. The molecule has 0 unspecified atom stereocenters. The normalized spacial score (nSPS) is 12.4. The molecule has 0 radical (unpaired) electrons. The number of para-hydroxylation sites is 1. The second-order valence-electron chi connectivity index (χ2n) is 4.75. The van der Waals surface area contributed by atoms with Crippen LogP contribution in [-0.4, -0.2) is 0 Å². The highest BCUT2D eigenvalue weighted by Gasteiger charge is 2.14. The summed E-state index contributed by atoms with van der Waals surface area (Å²) >= 11 is 0. The van der Waals surface area contributed by atoms with Crippen molar-refractivity contribution in [2.24, 2.45) is 0 Å². The van der Waals surface area contributed by atoms with Gasteiger partial charge in [0, 0.05) is 23.4 Å². The number of hydrogen-bond donors (Lipinski definition) is 0. The van der Waals surface area contributed by atoms with Gasteiger partial charge >= 0.3 is 0 Å². The Hall–Kier alpha value is -2.46. The van der Waals surface area contributed by atoms with E-state index < -0.39 is 0 Å². The number of allylic oxidation sites excluding steroid dienone is 1. The van der Waals surface area contributed by atoms with E-state index in [2.05, 4.69) is 53.7 Å². The number of benzene rings is 2. The van der Waals surface area contributed by atoms with Gasteiger partial charge in [0.2, 0.25) is 0 Å². The molecule has 1 heterocycles. The topological polar surface area (TPSA) is 3.24 Å². The fourth-order valence-corrected chi connectivity index (χ4v) is 2.33. The molecule has 1 nitrogen and oxygen atoms in total. The van der Waals surface area contributed by atoms with E-state index in [0.717, 1.165) is 29.1 Å². The lowest BCUT2D eigenvalue weighted by molar-refractivity contribution is 0.910. The molecule has 0 N–H and O–H groups in total. The van der Waals surface area contributed by atoms with Crippen molar-refractivity contribution < 1.29 is 0 Å². The first-order chi connectivity index (χ1) is 9.25. The Bertz CT molecular complexity index is 701. The fourth-order valence-electron chi connectivity index (χ4n) is 2.33. The van der Waals surface area contributed by atoms with Crippen LogP contribution >= 0.6 is 0 Å². The van der Waals surface area contributed by atoms with Gasteiger partial charge in [-0.2, -0.15) is 0 Å². The summed E-state index contributed by atoms with van der Waals surface area (Å²) in [5.74, 6) is 6.55. The molecule has 0 fully saturated rings. The van der Waals surface area contributed by atoms with Crippen LogP contribution in [0.3, 0.4) is 0 Å². The maximum absolute atomic E-state index is 4.10. The van der Waals surface area contributed by atoms with E-state index in [1.165, 1.54) is 5.56 Å². The Balaban J connectivity index is 2.23. The molecule has 0 amide bonds. The lowest BCUT2D eigenvalue weighted by Crippen LogP contribution is -2.22.